The highest BCUT2D eigenvalue weighted by Gasteiger charge is 2.47. The van der Waals surface area contributed by atoms with Crippen LogP contribution in [0.3, 0.4) is 0 Å². The minimum atomic E-state index is -0.617. The molecule has 2 heterocycles. The van der Waals surface area contributed by atoms with E-state index in [0.29, 0.717) is 6.42 Å². The van der Waals surface area contributed by atoms with Gasteiger partial charge in [-0.3, -0.25) is 4.79 Å². The van der Waals surface area contributed by atoms with Crippen molar-refractivity contribution in [2.75, 3.05) is 5.32 Å². The van der Waals surface area contributed by atoms with Crippen LogP contribution in [0.5, 0.6) is 0 Å². The Morgan fingerprint density at radius 1 is 1.39 bits per heavy atom. The Kier molecular flexibility index (Phi) is 4.15. The SMILES string of the molecule is Cc1ccccc1Nc1nc([C@]2(C)C[C@H](C(C)C)C(=O)O2)cs1. The van der Waals surface area contributed by atoms with E-state index in [-0.39, 0.29) is 17.8 Å². The molecule has 122 valence electrons. The Labute approximate surface area is 140 Å². The van der Waals surface area contributed by atoms with E-state index in [2.05, 4.69) is 37.1 Å². The second kappa shape index (κ2) is 5.96. The number of aryl methyl sites for hydroxylation is 1. The first kappa shape index (κ1) is 16.0. The summed E-state index contributed by atoms with van der Waals surface area (Å²) in [6.45, 7) is 8.14. The van der Waals surface area contributed by atoms with Crippen molar-refractivity contribution < 1.29 is 9.53 Å². The zero-order chi connectivity index (χ0) is 16.6. The first-order valence-electron chi connectivity index (χ1n) is 7.90. The van der Waals surface area contributed by atoms with E-state index in [9.17, 15) is 4.79 Å². The molecule has 0 unspecified atom stereocenters. The smallest absolute Gasteiger partial charge is 0.310 e. The van der Waals surface area contributed by atoms with Gasteiger partial charge in [-0.1, -0.05) is 32.0 Å². The Bertz CT molecular complexity index is 725. The molecule has 0 bridgehead atoms. The minimum absolute atomic E-state index is 0.0468. The summed E-state index contributed by atoms with van der Waals surface area (Å²) in [5.41, 5.74) is 2.42. The summed E-state index contributed by atoms with van der Waals surface area (Å²) in [4.78, 5) is 16.7. The molecule has 1 saturated heterocycles. The molecule has 0 saturated carbocycles. The maximum absolute atomic E-state index is 12.1. The number of para-hydroxylation sites is 1. The summed E-state index contributed by atoms with van der Waals surface area (Å²) in [5, 5.41) is 6.15. The van der Waals surface area contributed by atoms with Crippen LogP contribution in [0.2, 0.25) is 0 Å². The summed E-state index contributed by atoms with van der Waals surface area (Å²) >= 11 is 1.54. The lowest BCUT2D eigenvalue weighted by Gasteiger charge is -2.20. The maximum atomic E-state index is 12.1. The Morgan fingerprint density at radius 3 is 2.78 bits per heavy atom. The Balaban J connectivity index is 1.80. The van der Waals surface area contributed by atoms with Crippen molar-refractivity contribution in [2.45, 2.75) is 39.7 Å². The molecule has 2 atom stereocenters. The van der Waals surface area contributed by atoms with Crippen molar-refractivity contribution in [3.8, 4) is 0 Å². The van der Waals surface area contributed by atoms with E-state index in [1.54, 1.807) is 0 Å². The first-order valence-corrected chi connectivity index (χ1v) is 8.78. The van der Waals surface area contributed by atoms with E-state index >= 15 is 0 Å². The molecule has 0 aliphatic carbocycles. The van der Waals surface area contributed by atoms with Crippen LogP contribution in [0.25, 0.3) is 0 Å². The summed E-state index contributed by atoms with van der Waals surface area (Å²) in [7, 11) is 0. The van der Waals surface area contributed by atoms with Gasteiger partial charge in [0.2, 0.25) is 0 Å². The highest BCUT2D eigenvalue weighted by atomic mass is 32.1. The van der Waals surface area contributed by atoms with Crippen molar-refractivity contribution in [3.05, 3.63) is 40.9 Å². The number of rotatable bonds is 4. The lowest BCUT2D eigenvalue weighted by atomic mass is 9.87. The van der Waals surface area contributed by atoms with Crippen LogP contribution in [0.1, 0.15) is 38.4 Å². The van der Waals surface area contributed by atoms with Gasteiger partial charge in [-0.25, -0.2) is 4.98 Å². The van der Waals surface area contributed by atoms with Gasteiger partial charge < -0.3 is 10.1 Å². The molecule has 3 rings (SSSR count). The fraction of sp³-hybridized carbons (Fsp3) is 0.444. The van der Waals surface area contributed by atoms with Crippen LogP contribution >= 0.6 is 11.3 Å². The lowest BCUT2D eigenvalue weighted by Crippen LogP contribution is -2.21. The van der Waals surface area contributed by atoms with Gasteiger partial charge >= 0.3 is 5.97 Å². The number of esters is 1. The summed E-state index contributed by atoms with van der Waals surface area (Å²) in [6.07, 6.45) is 0.692. The third-order valence-corrected chi connectivity index (χ3v) is 5.23. The highest BCUT2D eigenvalue weighted by Crippen LogP contribution is 2.43. The molecule has 23 heavy (non-hydrogen) atoms. The zero-order valence-electron chi connectivity index (χ0n) is 13.9. The maximum Gasteiger partial charge on any atom is 0.310 e. The van der Waals surface area contributed by atoms with E-state index in [4.69, 9.17) is 4.74 Å². The van der Waals surface area contributed by atoms with Gasteiger partial charge in [0, 0.05) is 17.5 Å². The predicted molar refractivity (Wildman–Crippen MR) is 93.0 cm³/mol. The standard InChI is InChI=1S/C18H22N2O2S/c1-11(2)13-9-18(4,22-16(13)21)15-10-23-17(20-15)19-14-8-6-5-7-12(14)3/h5-8,10-11,13H,9H2,1-4H3,(H,19,20)/t13-,18+/m1/s1. The van der Waals surface area contributed by atoms with Gasteiger partial charge in [-0.05, 0) is 31.4 Å². The van der Waals surface area contributed by atoms with Crippen molar-refractivity contribution in [3.63, 3.8) is 0 Å². The van der Waals surface area contributed by atoms with Crippen LogP contribution in [-0.2, 0) is 15.1 Å². The van der Waals surface area contributed by atoms with Crippen molar-refractivity contribution in [2.24, 2.45) is 11.8 Å². The fourth-order valence-corrected chi connectivity index (χ4v) is 3.75. The molecule has 1 aliphatic heterocycles. The Hall–Kier alpha value is -1.88. The third-order valence-electron chi connectivity index (χ3n) is 4.48. The summed E-state index contributed by atoms with van der Waals surface area (Å²) in [5.74, 6) is 0.130. The Morgan fingerprint density at radius 2 is 2.13 bits per heavy atom. The number of carbonyl (C=O) groups excluding carboxylic acids is 1. The van der Waals surface area contributed by atoms with Crippen LogP contribution in [0, 0.1) is 18.8 Å². The predicted octanol–water partition coefficient (Wildman–Crippen LogP) is 4.63. The third kappa shape index (κ3) is 3.11. The molecule has 0 amide bonds. The largest absolute Gasteiger partial charge is 0.453 e. The molecule has 0 spiro atoms. The fourth-order valence-electron chi connectivity index (χ4n) is 2.91. The molecule has 1 aliphatic rings. The molecule has 1 aromatic carbocycles. The molecule has 2 aromatic rings. The quantitative estimate of drug-likeness (QED) is 0.831. The molecule has 1 N–H and O–H groups in total. The van der Waals surface area contributed by atoms with Crippen molar-refractivity contribution in [1.82, 2.24) is 4.98 Å². The van der Waals surface area contributed by atoms with Crippen LogP contribution in [-0.4, -0.2) is 11.0 Å². The topological polar surface area (TPSA) is 51.2 Å². The zero-order valence-corrected chi connectivity index (χ0v) is 14.7. The number of cyclic esters (lactones) is 1. The van der Waals surface area contributed by atoms with E-state index in [0.717, 1.165) is 16.5 Å². The summed E-state index contributed by atoms with van der Waals surface area (Å²) in [6, 6.07) is 8.10. The number of thiazole rings is 1. The summed E-state index contributed by atoms with van der Waals surface area (Å²) < 4.78 is 5.67. The number of nitrogens with one attached hydrogen (secondary N) is 1. The van der Waals surface area contributed by atoms with E-state index < -0.39 is 5.60 Å². The monoisotopic (exact) mass is 330 g/mol. The number of ether oxygens (including phenoxy) is 1. The average Bonchev–Trinajstić information content (AvgIpc) is 3.07. The van der Waals surface area contributed by atoms with Crippen LogP contribution < -0.4 is 5.32 Å². The van der Waals surface area contributed by atoms with Crippen molar-refractivity contribution in [1.29, 1.82) is 0 Å². The second-order valence-electron chi connectivity index (χ2n) is 6.68. The lowest BCUT2D eigenvalue weighted by molar-refractivity contribution is -0.151. The van der Waals surface area contributed by atoms with E-state index in [1.165, 1.54) is 16.9 Å². The number of hydrogen-bond donors (Lipinski definition) is 1. The van der Waals surface area contributed by atoms with Crippen LogP contribution in [0.4, 0.5) is 10.8 Å². The van der Waals surface area contributed by atoms with Crippen molar-refractivity contribution >= 4 is 28.1 Å². The number of aromatic nitrogens is 1. The molecular weight excluding hydrogens is 308 g/mol. The second-order valence-corrected chi connectivity index (χ2v) is 7.54. The van der Waals surface area contributed by atoms with Gasteiger partial charge in [0.15, 0.2) is 10.7 Å². The van der Waals surface area contributed by atoms with Gasteiger partial charge in [0.1, 0.15) is 0 Å². The minimum Gasteiger partial charge on any atom is -0.453 e. The number of benzene rings is 1. The van der Waals surface area contributed by atoms with E-state index in [1.807, 2.05) is 30.5 Å². The van der Waals surface area contributed by atoms with Gasteiger partial charge in [0.25, 0.3) is 0 Å². The number of carbonyl (C=O) groups is 1. The van der Waals surface area contributed by atoms with Gasteiger partial charge in [-0.15, -0.1) is 11.3 Å². The normalized spacial score (nSPS) is 24.0. The van der Waals surface area contributed by atoms with Gasteiger partial charge in [0.05, 0.1) is 11.6 Å². The molecule has 5 heteroatoms. The number of anilines is 2. The average molecular weight is 330 g/mol. The first-order chi connectivity index (χ1) is 10.9. The molecule has 4 nitrogen and oxygen atoms in total. The number of hydrogen-bond acceptors (Lipinski definition) is 5. The van der Waals surface area contributed by atoms with Gasteiger partial charge in [-0.2, -0.15) is 0 Å². The molecular formula is C18H22N2O2S. The van der Waals surface area contributed by atoms with Crippen LogP contribution in [0.15, 0.2) is 29.6 Å². The number of nitrogens with zero attached hydrogens (tertiary/aromatic N) is 1. The highest BCUT2D eigenvalue weighted by molar-refractivity contribution is 7.13. The molecule has 1 fully saturated rings. The molecule has 1 aromatic heterocycles. The molecule has 0 radical (unpaired) electrons.